The molecule has 2 N–H and O–H groups in total. The van der Waals surface area contributed by atoms with Crippen molar-refractivity contribution in [1.82, 2.24) is 9.29 Å². The minimum atomic E-state index is -3.69. The fraction of sp³-hybridized carbons (Fsp3) is 0.583. The average molecular weight is 316 g/mol. The van der Waals surface area contributed by atoms with Gasteiger partial charge in [-0.15, -0.1) is 0 Å². The third-order valence-corrected chi connectivity index (χ3v) is 5.70. The first-order valence-electron chi connectivity index (χ1n) is 6.63. The number of aromatic carboxylic acids is 1. The molecule has 0 amide bonds. The molecule has 2 aliphatic heterocycles. The Kier molecular flexibility index (Phi) is 3.52. The Morgan fingerprint density at radius 1 is 1.29 bits per heavy atom. The Labute approximate surface area is 121 Å². The van der Waals surface area contributed by atoms with E-state index in [9.17, 15) is 13.2 Å². The lowest BCUT2D eigenvalue weighted by atomic mass is 10.1. The lowest BCUT2D eigenvalue weighted by Gasteiger charge is -2.36. The predicted molar refractivity (Wildman–Crippen MR) is 70.4 cm³/mol. The zero-order valence-electron chi connectivity index (χ0n) is 11.2. The fourth-order valence-electron chi connectivity index (χ4n) is 2.65. The largest absolute Gasteiger partial charge is 0.477 e. The number of nitrogens with zero attached hydrogens (tertiary/aromatic N) is 1. The summed E-state index contributed by atoms with van der Waals surface area (Å²) in [4.78, 5) is 13.2. The first kappa shape index (κ1) is 14.5. The van der Waals surface area contributed by atoms with Gasteiger partial charge in [-0.2, -0.15) is 4.31 Å². The molecule has 116 valence electrons. The van der Waals surface area contributed by atoms with Gasteiger partial charge in [0.05, 0.1) is 13.2 Å². The molecule has 2 fully saturated rings. The molecule has 0 atom stereocenters. The average Bonchev–Trinajstić information content (AvgIpc) is 3.09. The van der Waals surface area contributed by atoms with E-state index in [-0.39, 0.29) is 23.7 Å². The highest BCUT2D eigenvalue weighted by Crippen LogP contribution is 2.33. The molecule has 0 bridgehead atoms. The van der Waals surface area contributed by atoms with Gasteiger partial charge in [-0.1, -0.05) is 0 Å². The van der Waals surface area contributed by atoms with Crippen LogP contribution < -0.4 is 0 Å². The predicted octanol–water partition coefficient (Wildman–Crippen LogP) is 0.240. The maximum absolute atomic E-state index is 12.5. The molecule has 21 heavy (non-hydrogen) atoms. The summed E-state index contributed by atoms with van der Waals surface area (Å²) in [5.74, 6) is -1.84. The summed E-state index contributed by atoms with van der Waals surface area (Å²) >= 11 is 0. The number of carboxylic acid groups (broad SMARTS) is 1. The van der Waals surface area contributed by atoms with Crippen LogP contribution in [-0.2, 0) is 19.5 Å². The fourth-order valence-corrected chi connectivity index (χ4v) is 4.08. The van der Waals surface area contributed by atoms with E-state index in [1.807, 2.05) is 0 Å². The van der Waals surface area contributed by atoms with Gasteiger partial charge >= 0.3 is 5.97 Å². The molecule has 0 radical (unpaired) electrons. The number of aromatic amines is 1. The van der Waals surface area contributed by atoms with Crippen LogP contribution >= 0.6 is 0 Å². The summed E-state index contributed by atoms with van der Waals surface area (Å²) in [5, 5.41) is 8.84. The molecular formula is C12H16N2O6S. The van der Waals surface area contributed by atoms with Crippen LogP contribution in [0.5, 0.6) is 0 Å². The maximum Gasteiger partial charge on any atom is 0.352 e. The van der Waals surface area contributed by atoms with Crippen LogP contribution in [0.3, 0.4) is 0 Å². The summed E-state index contributed by atoms with van der Waals surface area (Å²) in [6, 6.07) is 1.13. The highest BCUT2D eigenvalue weighted by molar-refractivity contribution is 7.89. The van der Waals surface area contributed by atoms with Crippen LogP contribution in [0.25, 0.3) is 0 Å². The van der Waals surface area contributed by atoms with E-state index in [4.69, 9.17) is 14.6 Å². The van der Waals surface area contributed by atoms with E-state index in [0.717, 1.165) is 6.07 Å². The molecule has 0 aromatic carbocycles. The van der Waals surface area contributed by atoms with Gasteiger partial charge in [-0.05, 0) is 6.07 Å². The number of nitrogens with one attached hydrogen (secondary N) is 1. The van der Waals surface area contributed by atoms with Crippen LogP contribution in [0, 0.1) is 0 Å². The minimum Gasteiger partial charge on any atom is -0.477 e. The van der Waals surface area contributed by atoms with Crippen molar-refractivity contribution < 1.29 is 27.8 Å². The number of rotatable bonds is 3. The van der Waals surface area contributed by atoms with Gasteiger partial charge < -0.3 is 19.6 Å². The summed E-state index contributed by atoms with van der Waals surface area (Å²) in [7, 11) is -3.69. The smallest absolute Gasteiger partial charge is 0.352 e. The van der Waals surface area contributed by atoms with Crippen molar-refractivity contribution in [2.45, 2.75) is 23.5 Å². The Balaban J connectivity index is 1.75. The van der Waals surface area contributed by atoms with Gasteiger partial charge in [0, 0.05) is 32.1 Å². The van der Waals surface area contributed by atoms with Gasteiger partial charge in [0.15, 0.2) is 5.79 Å². The van der Waals surface area contributed by atoms with Crippen molar-refractivity contribution in [2.75, 3.05) is 26.3 Å². The molecule has 0 aliphatic carbocycles. The van der Waals surface area contributed by atoms with Crippen LogP contribution in [0.15, 0.2) is 17.2 Å². The van der Waals surface area contributed by atoms with Gasteiger partial charge in [0.2, 0.25) is 10.0 Å². The van der Waals surface area contributed by atoms with Gasteiger partial charge in [0.25, 0.3) is 0 Å². The summed E-state index contributed by atoms with van der Waals surface area (Å²) in [6.45, 7) is 1.64. The Morgan fingerprint density at radius 2 is 1.90 bits per heavy atom. The van der Waals surface area contributed by atoms with Gasteiger partial charge in [-0.3, -0.25) is 0 Å². The van der Waals surface area contributed by atoms with Crippen molar-refractivity contribution in [2.24, 2.45) is 0 Å². The number of piperidine rings is 1. The zero-order chi connectivity index (χ0) is 15.1. The molecule has 1 spiro atoms. The van der Waals surface area contributed by atoms with Crippen molar-refractivity contribution in [3.63, 3.8) is 0 Å². The van der Waals surface area contributed by atoms with Crippen LogP contribution in [0.4, 0.5) is 0 Å². The topological polar surface area (TPSA) is 109 Å². The third-order valence-electron chi connectivity index (χ3n) is 3.82. The van der Waals surface area contributed by atoms with Crippen molar-refractivity contribution in [1.29, 1.82) is 0 Å². The number of hydrogen-bond donors (Lipinski definition) is 2. The summed E-state index contributed by atoms with van der Waals surface area (Å²) in [5.41, 5.74) is -0.149. The molecule has 1 aromatic heterocycles. The van der Waals surface area contributed by atoms with E-state index in [2.05, 4.69) is 4.98 Å². The van der Waals surface area contributed by atoms with Crippen LogP contribution in [-0.4, -0.2) is 60.9 Å². The van der Waals surface area contributed by atoms with Crippen molar-refractivity contribution in [3.05, 3.63) is 18.0 Å². The number of ether oxygens (including phenoxy) is 2. The Bertz CT molecular complexity index is 636. The number of carboxylic acids is 1. The first-order chi connectivity index (χ1) is 9.93. The van der Waals surface area contributed by atoms with E-state index in [0.29, 0.717) is 26.1 Å². The first-order valence-corrected chi connectivity index (χ1v) is 8.07. The third kappa shape index (κ3) is 2.57. The van der Waals surface area contributed by atoms with Gasteiger partial charge in [0.1, 0.15) is 10.6 Å². The number of carbonyl (C=O) groups is 1. The minimum absolute atomic E-state index is 0.0379. The molecule has 3 rings (SSSR count). The Morgan fingerprint density at radius 3 is 2.43 bits per heavy atom. The standard InChI is InChI=1S/C12H16N2O6S/c15-11(16)10-7-9(8-13-10)21(17,18)14-3-1-12(2-4-14)19-5-6-20-12/h7-8,13H,1-6H2,(H,15,16). The second kappa shape index (κ2) is 5.09. The molecular weight excluding hydrogens is 300 g/mol. The maximum atomic E-state index is 12.5. The molecule has 9 heteroatoms. The van der Waals surface area contributed by atoms with Crippen molar-refractivity contribution in [3.8, 4) is 0 Å². The van der Waals surface area contributed by atoms with E-state index < -0.39 is 21.8 Å². The second-order valence-electron chi connectivity index (χ2n) is 5.07. The normalized spacial score (nSPS) is 22.7. The zero-order valence-corrected chi connectivity index (χ0v) is 12.1. The van der Waals surface area contributed by atoms with Crippen LogP contribution in [0.2, 0.25) is 0 Å². The highest BCUT2D eigenvalue weighted by atomic mass is 32.2. The van der Waals surface area contributed by atoms with E-state index in [1.54, 1.807) is 0 Å². The van der Waals surface area contributed by atoms with Crippen LogP contribution in [0.1, 0.15) is 23.3 Å². The molecule has 1 aromatic rings. The second-order valence-corrected chi connectivity index (χ2v) is 7.00. The highest BCUT2D eigenvalue weighted by Gasteiger charge is 2.42. The molecule has 2 aliphatic rings. The van der Waals surface area contributed by atoms with E-state index >= 15 is 0 Å². The number of sulfonamides is 1. The lowest BCUT2D eigenvalue weighted by molar-refractivity contribution is -0.179. The Hall–Kier alpha value is -1.42. The summed E-state index contributed by atoms with van der Waals surface area (Å²) < 4.78 is 37.4. The van der Waals surface area contributed by atoms with Gasteiger partial charge in [-0.25, -0.2) is 13.2 Å². The SMILES string of the molecule is O=C(O)c1cc(S(=O)(=O)N2CCC3(CC2)OCCO3)c[nH]1. The summed E-state index contributed by atoms with van der Waals surface area (Å²) in [6.07, 6.45) is 2.15. The molecule has 8 nitrogen and oxygen atoms in total. The quantitative estimate of drug-likeness (QED) is 0.827. The number of hydrogen-bond acceptors (Lipinski definition) is 5. The number of aromatic nitrogens is 1. The van der Waals surface area contributed by atoms with Crippen molar-refractivity contribution >= 4 is 16.0 Å². The number of H-pyrrole nitrogens is 1. The lowest BCUT2D eigenvalue weighted by Crippen LogP contribution is -2.47. The van der Waals surface area contributed by atoms with E-state index in [1.165, 1.54) is 10.5 Å². The molecule has 0 saturated carbocycles. The molecule has 2 saturated heterocycles. The molecule has 0 unspecified atom stereocenters. The monoisotopic (exact) mass is 316 g/mol. The molecule has 3 heterocycles.